The van der Waals surface area contributed by atoms with Crippen molar-refractivity contribution in [2.45, 2.75) is 6.17 Å². The maximum atomic E-state index is 5.12. The molecule has 0 aliphatic carbocycles. The molecule has 7 rings (SSSR count). The first-order chi connectivity index (χ1) is 23.7. The molecule has 2 nitrogen and oxygen atoms in total. The van der Waals surface area contributed by atoms with E-state index in [1.54, 1.807) is 10.7 Å². The van der Waals surface area contributed by atoms with E-state index >= 15 is 0 Å². The number of rotatable bonds is 10. The molecule has 0 saturated heterocycles. The molecule has 6 heteroatoms. The van der Waals surface area contributed by atoms with E-state index in [0.717, 1.165) is 17.3 Å². The summed E-state index contributed by atoms with van der Waals surface area (Å²) in [5.74, 6) is 0. The molecule has 7 aromatic rings. The van der Waals surface area contributed by atoms with Gasteiger partial charge in [0.25, 0.3) is 0 Å². The summed E-state index contributed by atoms with van der Waals surface area (Å²) in [5, 5.41) is 7.49. The lowest BCUT2D eigenvalue weighted by molar-refractivity contribution is 0.862. The van der Waals surface area contributed by atoms with Crippen molar-refractivity contribution in [1.82, 2.24) is 9.55 Å². The van der Waals surface area contributed by atoms with Gasteiger partial charge >= 0.3 is 0 Å². The number of hydrogen-bond acceptors (Lipinski definition) is 3. The molecule has 0 spiro atoms. The standard InChI is InChI=1S/C24H20N2S2Si.C18H15B/c27-16-20-6-10-23(11-7-20)29(19-26-15-14-25-18-26,22-4-2-1-3-5-22)24-12-8-21(17-28)9-13-24;1-4-10-16(11-5-1)19(17-12-6-2-7-13-17)18-14-8-3-9-15-18/h1-18H,19H2;1-15H. The van der Waals surface area contributed by atoms with Gasteiger partial charge in [0.15, 0.2) is 8.07 Å². The van der Waals surface area contributed by atoms with Crippen molar-refractivity contribution in [1.29, 1.82) is 0 Å². The van der Waals surface area contributed by atoms with Crippen molar-refractivity contribution < 1.29 is 0 Å². The Morgan fingerprint density at radius 2 is 0.875 bits per heavy atom. The predicted octanol–water partition coefficient (Wildman–Crippen LogP) is 5.49. The van der Waals surface area contributed by atoms with E-state index in [1.165, 1.54) is 31.9 Å². The molecule has 48 heavy (non-hydrogen) atoms. The smallest absolute Gasteiger partial charge is 0.241 e. The van der Waals surface area contributed by atoms with Crippen LogP contribution < -0.4 is 31.9 Å². The second kappa shape index (κ2) is 16.2. The van der Waals surface area contributed by atoms with Crippen LogP contribution in [0.1, 0.15) is 11.1 Å². The van der Waals surface area contributed by atoms with Gasteiger partial charge in [0, 0.05) is 29.3 Å². The summed E-state index contributed by atoms with van der Waals surface area (Å²) >= 11 is 10.2. The summed E-state index contributed by atoms with van der Waals surface area (Å²) in [6.45, 7) is 0.309. The highest BCUT2D eigenvalue weighted by atomic mass is 32.1. The molecule has 232 valence electrons. The average molecular weight is 671 g/mol. The van der Waals surface area contributed by atoms with Crippen LogP contribution in [0.25, 0.3) is 0 Å². The monoisotopic (exact) mass is 670 g/mol. The van der Waals surface area contributed by atoms with Gasteiger partial charge in [-0.15, -0.1) is 0 Å². The van der Waals surface area contributed by atoms with Gasteiger partial charge in [-0.05, 0) is 26.7 Å². The molecule has 0 fully saturated rings. The summed E-state index contributed by atoms with van der Waals surface area (Å²) in [6.07, 6.45) is 6.66. The number of imidazole rings is 1. The normalized spacial score (nSPS) is 10.8. The number of aromatic nitrogens is 2. The van der Waals surface area contributed by atoms with Gasteiger partial charge in [0.05, 0.1) is 6.33 Å². The van der Waals surface area contributed by atoms with Gasteiger partial charge in [0.1, 0.15) is 0 Å². The minimum atomic E-state index is -2.37. The molecule has 0 radical (unpaired) electrons. The van der Waals surface area contributed by atoms with Crippen LogP contribution in [-0.4, -0.2) is 35.1 Å². The van der Waals surface area contributed by atoms with Crippen molar-refractivity contribution in [3.05, 3.63) is 200 Å². The molecule has 0 unspecified atom stereocenters. The largest absolute Gasteiger partial charge is 0.339 e. The van der Waals surface area contributed by atoms with Crippen LogP contribution in [-0.2, 0) is 6.17 Å². The molecule has 1 aromatic heterocycles. The minimum absolute atomic E-state index is 0.309. The average Bonchev–Trinajstić information content (AvgIpc) is 3.69. The number of benzene rings is 6. The van der Waals surface area contributed by atoms with E-state index in [4.69, 9.17) is 24.4 Å². The highest BCUT2D eigenvalue weighted by Gasteiger charge is 2.39. The van der Waals surface area contributed by atoms with Gasteiger partial charge in [-0.1, -0.05) is 211 Å². The van der Waals surface area contributed by atoms with Gasteiger partial charge < -0.3 is 4.57 Å². The van der Waals surface area contributed by atoms with Crippen LogP contribution in [0.3, 0.4) is 0 Å². The van der Waals surface area contributed by atoms with Gasteiger partial charge in [0.2, 0.25) is 6.71 Å². The molecule has 0 aliphatic heterocycles. The Bertz CT molecular complexity index is 1860. The molecule has 0 amide bonds. The highest BCUT2D eigenvalue weighted by molar-refractivity contribution is 7.79. The van der Waals surface area contributed by atoms with E-state index in [-0.39, 0.29) is 0 Å². The SMILES string of the molecule is S=Cc1ccc([Si](Cn2ccnc2)(c2ccccc2)c2ccc(C=S)cc2)cc1.c1ccc(B(c2ccccc2)c2ccccc2)cc1. The quantitative estimate of drug-likeness (QED) is 0.109. The zero-order valence-electron chi connectivity index (χ0n) is 26.5. The second-order valence-electron chi connectivity index (χ2n) is 11.7. The molecule has 0 saturated carbocycles. The molecule has 0 N–H and O–H groups in total. The third-order valence-electron chi connectivity index (χ3n) is 8.72. The lowest BCUT2D eigenvalue weighted by Gasteiger charge is -2.34. The third-order valence-corrected chi connectivity index (χ3v) is 14.1. The minimum Gasteiger partial charge on any atom is -0.339 e. The lowest BCUT2D eigenvalue weighted by atomic mass is 9.37. The molecule has 0 atom stereocenters. The maximum Gasteiger partial charge on any atom is 0.241 e. The summed E-state index contributed by atoms with van der Waals surface area (Å²) in [5.41, 5.74) is 6.11. The first kappa shape index (κ1) is 32.9. The lowest BCUT2D eigenvalue weighted by Crippen LogP contribution is -2.69. The fraction of sp³-hybridized carbons (Fsp3) is 0.0238. The Labute approximate surface area is 295 Å². The molecular weight excluding hydrogens is 636 g/mol. The highest BCUT2D eigenvalue weighted by Crippen LogP contribution is 2.12. The Morgan fingerprint density at radius 1 is 0.500 bits per heavy atom. The van der Waals surface area contributed by atoms with Crippen molar-refractivity contribution in [2.24, 2.45) is 0 Å². The maximum absolute atomic E-state index is 5.12. The van der Waals surface area contributed by atoms with Crippen molar-refractivity contribution >= 4 is 81.9 Å². The Balaban J connectivity index is 0.000000182. The Morgan fingerprint density at radius 3 is 1.23 bits per heavy atom. The number of thiocarbonyl (C=S) groups is 2. The van der Waals surface area contributed by atoms with E-state index in [2.05, 4.69) is 179 Å². The van der Waals surface area contributed by atoms with E-state index in [1.807, 2.05) is 18.7 Å². The van der Waals surface area contributed by atoms with Crippen LogP contribution in [0.15, 0.2) is 189 Å². The third kappa shape index (κ3) is 7.58. The number of hydrogen-bond donors (Lipinski definition) is 0. The van der Waals surface area contributed by atoms with E-state index in [0.29, 0.717) is 6.71 Å². The second-order valence-corrected chi connectivity index (χ2v) is 16.0. The van der Waals surface area contributed by atoms with Crippen LogP contribution >= 0.6 is 24.4 Å². The van der Waals surface area contributed by atoms with Crippen LogP contribution in [0.5, 0.6) is 0 Å². The van der Waals surface area contributed by atoms with Crippen molar-refractivity contribution in [2.75, 3.05) is 0 Å². The first-order valence-electron chi connectivity index (χ1n) is 16.0. The van der Waals surface area contributed by atoms with E-state index < -0.39 is 8.07 Å². The van der Waals surface area contributed by atoms with Crippen molar-refractivity contribution in [3.8, 4) is 0 Å². The summed E-state index contributed by atoms with van der Waals surface area (Å²) in [4.78, 5) is 4.29. The van der Waals surface area contributed by atoms with Gasteiger partial charge in [-0.3, -0.25) is 0 Å². The number of nitrogens with zero attached hydrogens (tertiary/aromatic N) is 2. The Hall–Kier alpha value is -5.01. The molecule has 0 bridgehead atoms. The topological polar surface area (TPSA) is 17.8 Å². The Kier molecular flexibility index (Phi) is 11.1. The van der Waals surface area contributed by atoms with Crippen molar-refractivity contribution in [3.63, 3.8) is 0 Å². The molecule has 6 aromatic carbocycles. The molecule has 0 aliphatic rings. The summed E-state index contributed by atoms with van der Waals surface area (Å²) in [6, 6.07) is 60.3. The van der Waals surface area contributed by atoms with Crippen LogP contribution in [0.4, 0.5) is 0 Å². The van der Waals surface area contributed by atoms with Gasteiger partial charge in [-0.2, -0.15) is 0 Å². The van der Waals surface area contributed by atoms with Crippen LogP contribution in [0.2, 0.25) is 0 Å². The first-order valence-corrected chi connectivity index (χ1v) is 19.1. The predicted molar refractivity (Wildman–Crippen MR) is 216 cm³/mol. The van der Waals surface area contributed by atoms with E-state index in [9.17, 15) is 0 Å². The fourth-order valence-corrected chi connectivity index (χ4v) is 11.2. The summed E-state index contributed by atoms with van der Waals surface area (Å²) in [7, 11) is -2.37. The zero-order valence-corrected chi connectivity index (χ0v) is 29.2. The summed E-state index contributed by atoms with van der Waals surface area (Å²) < 4.78 is 2.19. The van der Waals surface area contributed by atoms with Gasteiger partial charge in [-0.25, -0.2) is 4.98 Å². The molecule has 1 heterocycles. The van der Waals surface area contributed by atoms with Crippen LogP contribution in [0, 0.1) is 0 Å². The fourth-order valence-electron chi connectivity index (χ4n) is 6.36. The molecular formula is C42H35BN2S2Si. The zero-order chi connectivity index (χ0) is 33.0.